The van der Waals surface area contributed by atoms with Gasteiger partial charge in [0.2, 0.25) is 11.8 Å². The maximum absolute atomic E-state index is 12.1. The van der Waals surface area contributed by atoms with Crippen molar-refractivity contribution in [2.45, 2.75) is 19.3 Å². The summed E-state index contributed by atoms with van der Waals surface area (Å²) < 4.78 is 0.822. The Labute approximate surface area is 146 Å². The Hall–Kier alpha value is -1.66. The van der Waals surface area contributed by atoms with Gasteiger partial charge in [-0.1, -0.05) is 11.6 Å². The number of pyridine rings is 1. The number of benzene rings is 1. The van der Waals surface area contributed by atoms with Crippen LogP contribution < -0.4 is 10.6 Å². The van der Waals surface area contributed by atoms with Crippen LogP contribution in [0.1, 0.15) is 19.3 Å². The van der Waals surface area contributed by atoms with Crippen LogP contribution in [0.25, 0.3) is 10.9 Å². The first kappa shape index (κ1) is 16.2. The third-order valence-corrected chi connectivity index (χ3v) is 4.83. The molecule has 1 aromatic carbocycles. The molecule has 23 heavy (non-hydrogen) atoms. The fourth-order valence-electron chi connectivity index (χ4n) is 2.63. The van der Waals surface area contributed by atoms with E-state index in [9.17, 15) is 9.59 Å². The van der Waals surface area contributed by atoms with Gasteiger partial charge in [-0.05, 0) is 52.5 Å². The fraction of sp³-hybridized carbons (Fsp3) is 0.312. The molecule has 0 aliphatic carbocycles. The molecule has 1 unspecified atom stereocenters. The van der Waals surface area contributed by atoms with E-state index in [1.54, 1.807) is 12.1 Å². The van der Waals surface area contributed by atoms with Crippen LogP contribution in [0.4, 0.5) is 5.82 Å². The molecule has 120 valence electrons. The first-order valence-corrected chi connectivity index (χ1v) is 8.51. The molecule has 2 N–H and O–H groups in total. The maximum atomic E-state index is 12.1. The van der Waals surface area contributed by atoms with Gasteiger partial charge in [0, 0.05) is 29.2 Å². The van der Waals surface area contributed by atoms with E-state index in [4.69, 9.17) is 11.6 Å². The molecule has 1 atom stereocenters. The summed E-state index contributed by atoms with van der Waals surface area (Å²) in [6.45, 7) is 0.554. The lowest BCUT2D eigenvalue weighted by Gasteiger charge is -2.21. The number of anilines is 1. The van der Waals surface area contributed by atoms with Gasteiger partial charge in [-0.3, -0.25) is 9.59 Å². The van der Waals surface area contributed by atoms with Gasteiger partial charge >= 0.3 is 0 Å². The second kappa shape index (κ2) is 6.84. The Morgan fingerprint density at radius 3 is 2.96 bits per heavy atom. The van der Waals surface area contributed by atoms with Gasteiger partial charge in [-0.15, -0.1) is 0 Å². The Bertz CT molecular complexity index is 771. The minimum Gasteiger partial charge on any atom is -0.356 e. The number of nitrogens with zero attached hydrogens (tertiary/aromatic N) is 1. The van der Waals surface area contributed by atoms with E-state index in [0.29, 0.717) is 35.7 Å². The minimum absolute atomic E-state index is 0.0552. The van der Waals surface area contributed by atoms with Crippen LogP contribution in [-0.2, 0) is 9.59 Å². The van der Waals surface area contributed by atoms with Crippen LogP contribution in [-0.4, -0.2) is 23.3 Å². The fourth-order valence-corrected chi connectivity index (χ4v) is 3.28. The molecule has 1 aromatic heterocycles. The van der Waals surface area contributed by atoms with Gasteiger partial charge in [0.15, 0.2) is 0 Å². The van der Waals surface area contributed by atoms with Crippen LogP contribution in [0, 0.1) is 5.92 Å². The van der Waals surface area contributed by atoms with Gasteiger partial charge in [-0.2, -0.15) is 0 Å². The molecular formula is C16H15BrClN3O2. The highest BCUT2D eigenvalue weighted by Gasteiger charge is 2.20. The standard InChI is InChI=1S/C16H15BrClN3O2/c17-11-3-4-12(18)10-2-5-13(21-16(10)11)20-15(23)7-9-1-6-14(22)19-8-9/h2-5,9H,1,6-8H2,(H,19,22)(H,20,21,23). The smallest absolute Gasteiger partial charge is 0.225 e. The number of hydrogen-bond donors (Lipinski definition) is 2. The summed E-state index contributed by atoms with van der Waals surface area (Å²) in [6.07, 6.45) is 1.60. The lowest BCUT2D eigenvalue weighted by Crippen LogP contribution is -2.36. The van der Waals surface area contributed by atoms with Crippen LogP contribution in [0.15, 0.2) is 28.7 Å². The molecule has 3 rings (SSSR count). The predicted octanol–water partition coefficient (Wildman–Crippen LogP) is 3.51. The van der Waals surface area contributed by atoms with Crippen molar-refractivity contribution in [3.05, 3.63) is 33.8 Å². The van der Waals surface area contributed by atoms with Crippen LogP contribution in [0.3, 0.4) is 0 Å². The molecule has 2 aromatic rings. The zero-order valence-electron chi connectivity index (χ0n) is 12.2. The van der Waals surface area contributed by atoms with E-state index >= 15 is 0 Å². The summed E-state index contributed by atoms with van der Waals surface area (Å²) in [6, 6.07) is 7.20. The van der Waals surface area contributed by atoms with Gasteiger partial charge in [0.25, 0.3) is 0 Å². The number of hydrogen-bond acceptors (Lipinski definition) is 3. The lowest BCUT2D eigenvalue weighted by molar-refractivity contribution is -0.124. The molecular weight excluding hydrogens is 382 g/mol. The van der Waals surface area contributed by atoms with Crippen molar-refractivity contribution in [2.24, 2.45) is 5.92 Å². The van der Waals surface area contributed by atoms with Gasteiger partial charge in [0.05, 0.1) is 10.5 Å². The molecule has 0 bridgehead atoms. The molecule has 1 aliphatic heterocycles. The zero-order chi connectivity index (χ0) is 16.4. The first-order valence-electron chi connectivity index (χ1n) is 7.34. The number of carbonyl (C=O) groups is 2. The number of fused-ring (bicyclic) bond motifs is 1. The van der Waals surface area contributed by atoms with Gasteiger partial charge in [-0.25, -0.2) is 4.98 Å². The number of aromatic nitrogens is 1. The van der Waals surface area contributed by atoms with Crippen molar-refractivity contribution in [3.63, 3.8) is 0 Å². The third-order valence-electron chi connectivity index (χ3n) is 3.86. The highest BCUT2D eigenvalue weighted by Crippen LogP contribution is 2.29. The number of halogens is 2. The SMILES string of the molecule is O=C1CCC(CC(=O)Nc2ccc3c(Cl)ccc(Br)c3n2)CN1. The Morgan fingerprint density at radius 2 is 2.22 bits per heavy atom. The molecule has 0 radical (unpaired) electrons. The lowest BCUT2D eigenvalue weighted by atomic mass is 9.95. The molecule has 2 heterocycles. The molecule has 7 heteroatoms. The van der Waals surface area contributed by atoms with Crippen molar-refractivity contribution in [1.29, 1.82) is 0 Å². The second-order valence-corrected chi connectivity index (χ2v) is 6.84. The summed E-state index contributed by atoms with van der Waals surface area (Å²) >= 11 is 9.59. The minimum atomic E-state index is -0.101. The number of piperidine rings is 1. The number of carbonyl (C=O) groups excluding carboxylic acids is 2. The van der Waals surface area contributed by atoms with E-state index in [1.807, 2.05) is 12.1 Å². The Morgan fingerprint density at radius 1 is 1.39 bits per heavy atom. The quantitative estimate of drug-likeness (QED) is 0.834. The number of amides is 2. The molecule has 0 spiro atoms. The predicted molar refractivity (Wildman–Crippen MR) is 93.4 cm³/mol. The molecule has 1 fully saturated rings. The van der Waals surface area contributed by atoms with Crippen molar-refractivity contribution in [1.82, 2.24) is 10.3 Å². The maximum Gasteiger partial charge on any atom is 0.225 e. The Balaban J connectivity index is 1.70. The normalized spacial score (nSPS) is 17.8. The summed E-state index contributed by atoms with van der Waals surface area (Å²) in [5, 5.41) is 7.04. The molecule has 1 aliphatic rings. The van der Waals surface area contributed by atoms with E-state index < -0.39 is 0 Å². The molecule has 2 amide bonds. The van der Waals surface area contributed by atoms with Gasteiger partial charge in [0.1, 0.15) is 5.82 Å². The van der Waals surface area contributed by atoms with Gasteiger partial charge < -0.3 is 10.6 Å². The highest BCUT2D eigenvalue weighted by atomic mass is 79.9. The molecule has 5 nitrogen and oxygen atoms in total. The van der Waals surface area contributed by atoms with Crippen LogP contribution in [0.2, 0.25) is 5.02 Å². The third kappa shape index (κ3) is 3.82. The summed E-state index contributed by atoms with van der Waals surface area (Å²) in [7, 11) is 0. The topological polar surface area (TPSA) is 71.1 Å². The van der Waals surface area contributed by atoms with E-state index in [1.165, 1.54) is 0 Å². The van der Waals surface area contributed by atoms with Crippen molar-refractivity contribution >= 4 is 56.1 Å². The largest absolute Gasteiger partial charge is 0.356 e. The van der Waals surface area contributed by atoms with E-state index in [-0.39, 0.29) is 17.7 Å². The molecule has 0 saturated carbocycles. The van der Waals surface area contributed by atoms with Crippen molar-refractivity contribution in [3.8, 4) is 0 Å². The first-order chi connectivity index (χ1) is 11.0. The van der Waals surface area contributed by atoms with E-state index in [0.717, 1.165) is 16.3 Å². The van der Waals surface area contributed by atoms with Crippen molar-refractivity contribution < 1.29 is 9.59 Å². The van der Waals surface area contributed by atoms with Crippen LogP contribution >= 0.6 is 27.5 Å². The average Bonchev–Trinajstić information content (AvgIpc) is 2.53. The van der Waals surface area contributed by atoms with Crippen molar-refractivity contribution in [2.75, 3.05) is 11.9 Å². The zero-order valence-corrected chi connectivity index (χ0v) is 14.6. The Kier molecular flexibility index (Phi) is 4.82. The average molecular weight is 397 g/mol. The van der Waals surface area contributed by atoms with Crippen LogP contribution in [0.5, 0.6) is 0 Å². The summed E-state index contributed by atoms with van der Waals surface area (Å²) in [4.78, 5) is 27.7. The summed E-state index contributed by atoms with van der Waals surface area (Å²) in [5.41, 5.74) is 0.709. The molecule has 1 saturated heterocycles. The summed E-state index contributed by atoms with van der Waals surface area (Å²) in [5.74, 6) is 0.621. The number of rotatable bonds is 3. The second-order valence-electron chi connectivity index (χ2n) is 5.58. The van der Waals surface area contributed by atoms with E-state index in [2.05, 4.69) is 31.5 Å². The monoisotopic (exact) mass is 395 g/mol. The highest BCUT2D eigenvalue weighted by molar-refractivity contribution is 9.10. The number of nitrogens with one attached hydrogen (secondary N) is 2.